The Hall–Kier alpha value is -3.08. The summed E-state index contributed by atoms with van der Waals surface area (Å²) in [5.74, 6) is -2.82. The van der Waals surface area contributed by atoms with Crippen molar-refractivity contribution < 1.29 is 28.7 Å². The molecule has 1 aromatic rings. The van der Waals surface area contributed by atoms with E-state index in [4.69, 9.17) is 4.74 Å². The Bertz CT molecular complexity index is 1040. The smallest absolute Gasteiger partial charge is 0.407 e. The average molecular weight is 561 g/mol. The zero-order valence-electron chi connectivity index (χ0n) is 23.1. The molecule has 1 aromatic carbocycles. The number of amides is 4. The van der Waals surface area contributed by atoms with Crippen molar-refractivity contribution >= 4 is 41.4 Å². The van der Waals surface area contributed by atoms with Crippen LogP contribution in [0.5, 0.6) is 0 Å². The monoisotopic (exact) mass is 560 g/mol. The highest BCUT2D eigenvalue weighted by Crippen LogP contribution is 2.32. The molecule has 214 valence electrons. The molecule has 4 amide bonds. The van der Waals surface area contributed by atoms with Crippen molar-refractivity contribution in [3.63, 3.8) is 0 Å². The molecule has 39 heavy (non-hydrogen) atoms. The summed E-state index contributed by atoms with van der Waals surface area (Å²) in [6.45, 7) is 8.31. The van der Waals surface area contributed by atoms with E-state index in [1.807, 2.05) is 58.0 Å². The molecule has 0 aromatic heterocycles. The van der Waals surface area contributed by atoms with Gasteiger partial charge in [-0.25, -0.2) is 4.79 Å². The fourth-order valence-electron chi connectivity index (χ4n) is 4.26. The Kier molecular flexibility index (Phi) is 10.8. The Morgan fingerprint density at radius 2 is 1.74 bits per heavy atom. The van der Waals surface area contributed by atoms with Crippen molar-refractivity contribution in [2.24, 2.45) is 11.8 Å². The largest absolute Gasteiger partial charge is 0.448 e. The van der Waals surface area contributed by atoms with Crippen molar-refractivity contribution in [2.75, 3.05) is 13.2 Å². The first-order valence-electron chi connectivity index (χ1n) is 13.5. The van der Waals surface area contributed by atoms with Crippen molar-refractivity contribution in [2.45, 2.75) is 87.6 Å². The van der Waals surface area contributed by atoms with Gasteiger partial charge in [0.15, 0.2) is 0 Å². The highest BCUT2D eigenvalue weighted by Gasteiger charge is 2.37. The first kappa shape index (κ1) is 30.5. The third-order valence-electron chi connectivity index (χ3n) is 6.46. The Morgan fingerprint density at radius 3 is 2.33 bits per heavy atom. The molecule has 2 fully saturated rings. The number of benzene rings is 1. The minimum atomic E-state index is -1.18. The standard InChI is InChI=1S/C28H40N4O6S/c1-17(2)14-22(32-27(37)38-16-28(3,4)39-20-8-6-5-7-9-20)25(35)31-21(15-18-12-13-29-24(18)34)23(33)26(36)30-19-10-11-19/h5-9,17-19,21-22H,10-16H2,1-4H3,(H,29,34)(H,30,36)(H,31,35)(H,32,37)/t18-,21-,22-/m0/s1. The summed E-state index contributed by atoms with van der Waals surface area (Å²) in [6.07, 6.45) is 1.69. The molecule has 10 nitrogen and oxygen atoms in total. The summed E-state index contributed by atoms with van der Waals surface area (Å²) in [5, 5.41) is 10.6. The lowest BCUT2D eigenvalue weighted by Crippen LogP contribution is -2.55. The van der Waals surface area contributed by atoms with Crippen LogP contribution in [-0.2, 0) is 23.9 Å². The molecule has 3 atom stereocenters. The highest BCUT2D eigenvalue weighted by molar-refractivity contribution is 8.00. The van der Waals surface area contributed by atoms with Crippen LogP contribution in [0.3, 0.4) is 0 Å². The maximum atomic E-state index is 13.3. The van der Waals surface area contributed by atoms with E-state index in [1.165, 1.54) is 0 Å². The summed E-state index contributed by atoms with van der Waals surface area (Å²) < 4.78 is 5.06. The molecular formula is C28H40N4O6S. The number of thioether (sulfide) groups is 1. The van der Waals surface area contributed by atoms with Gasteiger partial charge in [-0.15, -0.1) is 11.8 Å². The Labute approximate surface area is 234 Å². The van der Waals surface area contributed by atoms with Crippen molar-refractivity contribution in [1.29, 1.82) is 0 Å². The molecule has 4 N–H and O–H groups in total. The number of carbonyl (C=O) groups excluding carboxylic acids is 5. The van der Waals surface area contributed by atoms with E-state index >= 15 is 0 Å². The van der Waals surface area contributed by atoms with E-state index in [0.717, 1.165) is 17.7 Å². The number of nitrogens with one attached hydrogen (secondary N) is 4. The summed E-state index contributed by atoms with van der Waals surface area (Å²) in [4.78, 5) is 64.7. The molecule has 1 aliphatic heterocycles. The maximum Gasteiger partial charge on any atom is 0.407 e. The van der Waals surface area contributed by atoms with Crippen LogP contribution in [-0.4, -0.2) is 65.6 Å². The van der Waals surface area contributed by atoms with Gasteiger partial charge in [-0.2, -0.15) is 0 Å². The Balaban J connectivity index is 1.62. The van der Waals surface area contributed by atoms with Crippen LogP contribution in [0.25, 0.3) is 0 Å². The van der Waals surface area contributed by atoms with E-state index in [9.17, 15) is 24.0 Å². The van der Waals surface area contributed by atoms with Gasteiger partial charge in [-0.3, -0.25) is 19.2 Å². The van der Waals surface area contributed by atoms with Gasteiger partial charge < -0.3 is 26.0 Å². The lowest BCUT2D eigenvalue weighted by atomic mass is 9.94. The number of rotatable bonds is 14. The molecule has 1 saturated carbocycles. The molecule has 1 aliphatic carbocycles. The second kappa shape index (κ2) is 13.8. The summed E-state index contributed by atoms with van der Waals surface area (Å²) in [7, 11) is 0. The predicted molar refractivity (Wildman–Crippen MR) is 148 cm³/mol. The number of alkyl carbamates (subject to hydrolysis) is 1. The molecule has 1 heterocycles. The van der Waals surface area contributed by atoms with Crippen LogP contribution in [0, 0.1) is 11.8 Å². The first-order valence-corrected chi connectivity index (χ1v) is 14.4. The summed E-state index contributed by atoms with van der Waals surface area (Å²) >= 11 is 1.57. The fourth-order valence-corrected chi connectivity index (χ4v) is 5.31. The van der Waals surface area contributed by atoms with Gasteiger partial charge in [-0.1, -0.05) is 32.0 Å². The normalized spacial score (nSPS) is 18.6. The first-order chi connectivity index (χ1) is 18.4. The Morgan fingerprint density at radius 1 is 1.05 bits per heavy atom. The lowest BCUT2D eigenvalue weighted by Gasteiger charge is -2.26. The van der Waals surface area contributed by atoms with E-state index in [-0.39, 0.29) is 30.9 Å². The van der Waals surface area contributed by atoms with Crippen LogP contribution in [0.15, 0.2) is 35.2 Å². The fraction of sp³-hybridized carbons (Fsp3) is 0.607. The second-order valence-electron chi connectivity index (χ2n) is 11.3. The van der Waals surface area contributed by atoms with Crippen molar-refractivity contribution in [3.8, 4) is 0 Å². The lowest BCUT2D eigenvalue weighted by molar-refractivity contribution is -0.141. The number of Topliss-reactive ketones (excluding diaryl/α,β-unsaturated/α-hetero) is 1. The number of ketones is 1. The minimum Gasteiger partial charge on any atom is -0.448 e. The molecule has 0 radical (unpaired) electrons. The van der Waals surface area contributed by atoms with Crippen LogP contribution in [0.2, 0.25) is 0 Å². The number of ether oxygens (including phenoxy) is 1. The molecule has 3 rings (SSSR count). The third-order valence-corrected chi connectivity index (χ3v) is 7.63. The quantitative estimate of drug-likeness (QED) is 0.202. The van der Waals surface area contributed by atoms with Crippen molar-refractivity contribution in [3.05, 3.63) is 30.3 Å². The number of carbonyl (C=O) groups is 5. The zero-order chi connectivity index (χ0) is 28.6. The number of hydrogen-bond acceptors (Lipinski definition) is 7. The van der Waals surface area contributed by atoms with Crippen LogP contribution >= 0.6 is 11.8 Å². The number of hydrogen-bond donors (Lipinski definition) is 4. The summed E-state index contributed by atoms with van der Waals surface area (Å²) in [5.41, 5.74) is 0. The molecule has 1 saturated heterocycles. The molecule has 0 unspecified atom stereocenters. The van der Waals surface area contributed by atoms with Crippen LogP contribution in [0.1, 0.15) is 59.8 Å². The van der Waals surface area contributed by atoms with E-state index in [2.05, 4.69) is 21.3 Å². The third kappa shape index (κ3) is 10.2. The van der Waals surface area contributed by atoms with Gasteiger partial charge in [0.2, 0.25) is 17.6 Å². The summed E-state index contributed by atoms with van der Waals surface area (Å²) in [6, 6.07) is 7.58. The molecule has 2 aliphatic rings. The predicted octanol–water partition coefficient (Wildman–Crippen LogP) is 2.56. The van der Waals surface area contributed by atoms with Gasteiger partial charge in [-0.05, 0) is 64.0 Å². The van der Waals surface area contributed by atoms with Crippen LogP contribution in [0.4, 0.5) is 4.79 Å². The van der Waals surface area contributed by atoms with Crippen LogP contribution < -0.4 is 21.3 Å². The van der Waals surface area contributed by atoms with Gasteiger partial charge in [0.25, 0.3) is 5.91 Å². The van der Waals surface area contributed by atoms with Gasteiger partial charge in [0, 0.05) is 28.1 Å². The van der Waals surface area contributed by atoms with Crippen molar-refractivity contribution in [1.82, 2.24) is 21.3 Å². The van der Waals surface area contributed by atoms with E-state index in [1.54, 1.807) is 11.8 Å². The molecule has 11 heteroatoms. The zero-order valence-corrected chi connectivity index (χ0v) is 23.9. The second-order valence-corrected chi connectivity index (χ2v) is 13.0. The molecule has 0 spiro atoms. The van der Waals surface area contributed by atoms with E-state index < -0.39 is 46.4 Å². The van der Waals surface area contributed by atoms with E-state index in [0.29, 0.717) is 19.4 Å². The average Bonchev–Trinajstić information content (AvgIpc) is 3.60. The molecular weight excluding hydrogens is 520 g/mol. The SMILES string of the molecule is CC(C)C[C@H](NC(=O)OCC(C)(C)Sc1ccccc1)C(=O)N[C@@H](C[C@@H]1CCNC1=O)C(=O)C(=O)NC1CC1. The van der Waals surface area contributed by atoms with Gasteiger partial charge >= 0.3 is 6.09 Å². The minimum absolute atomic E-state index is 0.0121. The maximum absolute atomic E-state index is 13.3. The topological polar surface area (TPSA) is 143 Å². The molecule has 0 bridgehead atoms. The highest BCUT2D eigenvalue weighted by atomic mass is 32.2. The van der Waals surface area contributed by atoms with Gasteiger partial charge in [0.05, 0.1) is 6.04 Å². The van der Waals surface area contributed by atoms with Gasteiger partial charge in [0.1, 0.15) is 12.6 Å².